The molecule has 4 nitrogen and oxygen atoms in total. The van der Waals surface area contributed by atoms with Gasteiger partial charge >= 0.3 is 0 Å². The minimum absolute atomic E-state index is 0.162. The van der Waals surface area contributed by atoms with E-state index < -0.39 is 0 Å². The number of rotatable bonds is 4. The molecule has 0 aliphatic heterocycles. The summed E-state index contributed by atoms with van der Waals surface area (Å²) in [6.45, 7) is 6.14. The standard InChI is InChI=1S/C15H22N2O2/c1-10-4-7-14(8-10)16-12(3)13-6-5-11(2)15(9-13)17(18)19/h5-6,9-10,12,14,16H,4,7-8H2,1-3H3. The molecule has 3 unspecified atom stereocenters. The van der Waals surface area contributed by atoms with E-state index in [4.69, 9.17) is 0 Å². The third kappa shape index (κ3) is 3.32. The van der Waals surface area contributed by atoms with Crippen molar-refractivity contribution in [2.45, 2.75) is 52.1 Å². The second kappa shape index (κ2) is 5.70. The smallest absolute Gasteiger partial charge is 0.272 e. The Bertz CT molecular complexity index is 473. The number of nitrogens with one attached hydrogen (secondary N) is 1. The molecule has 104 valence electrons. The van der Waals surface area contributed by atoms with Crippen molar-refractivity contribution >= 4 is 5.69 Å². The maximum atomic E-state index is 11.0. The van der Waals surface area contributed by atoms with Gasteiger partial charge in [0.15, 0.2) is 0 Å². The Morgan fingerprint density at radius 1 is 1.42 bits per heavy atom. The maximum absolute atomic E-state index is 11.0. The van der Waals surface area contributed by atoms with Gasteiger partial charge in [-0.25, -0.2) is 0 Å². The number of nitro benzene ring substituents is 1. The van der Waals surface area contributed by atoms with Gasteiger partial charge in [-0.05, 0) is 44.6 Å². The average molecular weight is 262 g/mol. The zero-order valence-electron chi connectivity index (χ0n) is 11.8. The highest BCUT2D eigenvalue weighted by Gasteiger charge is 2.23. The Hall–Kier alpha value is -1.42. The van der Waals surface area contributed by atoms with E-state index in [2.05, 4.69) is 19.2 Å². The van der Waals surface area contributed by atoms with Gasteiger partial charge in [-0.1, -0.05) is 19.1 Å². The first-order chi connectivity index (χ1) is 8.97. The summed E-state index contributed by atoms with van der Waals surface area (Å²) in [4.78, 5) is 10.7. The first-order valence-electron chi connectivity index (χ1n) is 6.98. The molecule has 0 bridgehead atoms. The molecule has 1 aromatic carbocycles. The van der Waals surface area contributed by atoms with Crippen LogP contribution in [0.5, 0.6) is 0 Å². The molecule has 3 atom stereocenters. The fourth-order valence-corrected chi connectivity index (χ4v) is 2.90. The van der Waals surface area contributed by atoms with Gasteiger partial charge in [-0.15, -0.1) is 0 Å². The molecule has 0 radical (unpaired) electrons. The van der Waals surface area contributed by atoms with Crippen molar-refractivity contribution in [3.8, 4) is 0 Å². The lowest BCUT2D eigenvalue weighted by atomic mass is 10.0. The molecule has 1 fully saturated rings. The SMILES string of the molecule is Cc1ccc(C(C)NC2CCC(C)C2)cc1[N+](=O)[O-]. The first kappa shape index (κ1) is 14.0. The number of nitro groups is 1. The third-order valence-corrected chi connectivity index (χ3v) is 4.11. The van der Waals surface area contributed by atoms with Crippen LogP contribution in [0.4, 0.5) is 5.69 Å². The van der Waals surface area contributed by atoms with E-state index in [0.717, 1.165) is 17.0 Å². The van der Waals surface area contributed by atoms with Crippen molar-refractivity contribution in [1.82, 2.24) is 5.32 Å². The van der Waals surface area contributed by atoms with Crippen LogP contribution in [0.25, 0.3) is 0 Å². The monoisotopic (exact) mass is 262 g/mol. The van der Waals surface area contributed by atoms with Crippen LogP contribution in [0.15, 0.2) is 18.2 Å². The molecule has 0 amide bonds. The van der Waals surface area contributed by atoms with Crippen LogP contribution < -0.4 is 5.32 Å². The summed E-state index contributed by atoms with van der Waals surface area (Å²) in [6.07, 6.45) is 3.69. The predicted molar refractivity (Wildman–Crippen MR) is 76.2 cm³/mol. The molecule has 0 spiro atoms. The fraction of sp³-hybridized carbons (Fsp3) is 0.600. The van der Waals surface area contributed by atoms with Crippen LogP contribution in [0.3, 0.4) is 0 Å². The molecular formula is C15H22N2O2. The summed E-state index contributed by atoms with van der Waals surface area (Å²) >= 11 is 0. The summed E-state index contributed by atoms with van der Waals surface area (Å²) < 4.78 is 0. The Balaban J connectivity index is 2.08. The van der Waals surface area contributed by atoms with Gasteiger partial charge in [0.05, 0.1) is 4.92 Å². The van der Waals surface area contributed by atoms with Crippen molar-refractivity contribution < 1.29 is 4.92 Å². The van der Waals surface area contributed by atoms with Crippen LogP contribution >= 0.6 is 0 Å². The number of hydrogen-bond acceptors (Lipinski definition) is 3. The Morgan fingerprint density at radius 2 is 2.16 bits per heavy atom. The molecule has 4 heteroatoms. The zero-order valence-corrected chi connectivity index (χ0v) is 11.8. The molecule has 2 rings (SSSR count). The highest BCUT2D eigenvalue weighted by atomic mass is 16.6. The second-order valence-electron chi connectivity index (χ2n) is 5.81. The summed E-state index contributed by atoms with van der Waals surface area (Å²) in [5.74, 6) is 0.789. The zero-order chi connectivity index (χ0) is 14.0. The van der Waals surface area contributed by atoms with Gasteiger partial charge in [0.25, 0.3) is 5.69 Å². The minimum Gasteiger partial charge on any atom is -0.307 e. The van der Waals surface area contributed by atoms with Crippen LogP contribution in [0.1, 0.15) is 50.3 Å². The lowest BCUT2D eigenvalue weighted by Crippen LogP contribution is -2.29. The third-order valence-electron chi connectivity index (χ3n) is 4.11. The summed E-state index contributed by atoms with van der Waals surface area (Å²) in [6, 6.07) is 6.23. The number of aryl methyl sites for hydroxylation is 1. The second-order valence-corrected chi connectivity index (χ2v) is 5.81. The van der Waals surface area contributed by atoms with Crippen molar-refractivity contribution in [2.75, 3.05) is 0 Å². The van der Waals surface area contributed by atoms with Crippen molar-refractivity contribution in [2.24, 2.45) is 5.92 Å². The largest absolute Gasteiger partial charge is 0.307 e. The Kier molecular flexibility index (Phi) is 4.20. The van der Waals surface area contributed by atoms with Crippen molar-refractivity contribution in [3.05, 3.63) is 39.4 Å². The van der Waals surface area contributed by atoms with Crippen molar-refractivity contribution in [1.29, 1.82) is 0 Å². The van der Waals surface area contributed by atoms with E-state index in [1.54, 1.807) is 13.0 Å². The topological polar surface area (TPSA) is 55.2 Å². The number of benzene rings is 1. The van der Waals surface area contributed by atoms with Gasteiger partial charge in [0, 0.05) is 23.7 Å². The molecule has 0 saturated heterocycles. The molecule has 1 aromatic rings. The van der Waals surface area contributed by atoms with E-state index in [-0.39, 0.29) is 16.7 Å². The van der Waals surface area contributed by atoms with Crippen LogP contribution in [0.2, 0.25) is 0 Å². The Morgan fingerprint density at radius 3 is 2.74 bits per heavy atom. The highest BCUT2D eigenvalue weighted by molar-refractivity contribution is 5.43. The lowest BCUT2D eigenvalue weighted by Gasteiger charge is -2.20. The summed E-state index contributed by atoms with van der Waals surface area (Å²) in [5, 5.41) is 14.6. The molecule has 0 heterocycles. The summed E-state index contributed by atoms with van der Waals surface area (Å²) in [7, 11) is 0. The Labute approximate surface area is 114 Å². The fourth-order valence-electron chi connectivity index (χ4n) is 2.90. The molecule has 1 saturated carbocycles. The minimum atomic E-state index is -0.302. The lowest BCUT2D eigenvalue weighted by molar-refractivity contribution is -0.385. The van der Waals surface area contributed by atoms with Gasteiger partial charge in [0.2, 0.25) is 0 Å². The molecule has 0 aromatic heterocycles. The molecule has 19 heavy (non-hydrogen) atoms. The van der Waals surface area contributed by atoms with Crippen LogP contribution in [-0.4, -0.2) is 11.0 Å². The van der Waals surface area contributed by atoms with Gasteiger partial charge in [-0.2, -0.15) is 0 Å². The van der Waals surface area contributed by atoms with E-state index in [9.17, 15) is 10.1 Å². The number of hydrogen-bond donors (Lipinski definition) is 1. The van der Waals surface area contributed by atoms with E-state index in [0.29, 0.717) is 6.04 Å². The predicted octanol–water partition coefficient (Wildman–Crippen LogP) is 3.74. The van der Waals surface area contributed by atoms with Crippen molar-refractivity contribution in [3.63, 3.8) is 0 Å². The van der Waals surface area contributed by atoms with Crippen LogP contribution in [0, 0.1) is 23.0 Å². The number of nitrogens with zero attached hydrogens (tertiary/aromatic N) is 1. The highest BCUT2D eigenvalue weighted by Crippen LogP contribution is 2.28. The van der Waals surface area contributed by atoms with E-state index in [1.807, 2.05) is 12.1 Å². The molecule has 1 N–H and O–H groups in total. The molecule has 1 aliphatic rings. The van der Waals surface area contributed by atoms with E-state index in [1.165, 1.54) is 19.3 Å². The van der Waals surface area contributed by atoms with Crippen LogP contribution in [-0.2, 0) is 0 Å². The van der Waals surface area contributed by atoms with Gasteiger partial charge < -0.3 is 5.32 Å². The average Bonchev–Trinajstić information content (AvgIpc) is 2.74. The van der Waals surface area contributed by atoms with E-state index >= 15 is 0 Å². The van der Waals surface area contributed by atoms with Gasteiger partial charge in [0.1, 0.15) is 0 Å². The molecule has 1 aliphatic carbocycles. The first-order valence-corrected chi connectivity index (χ1v) is 6.98. The van der Waals surface area contributed by atoms with Gasteiger partial charge in [-0.3, -0.25) is 10.1 Å². The normalized spacial score (nSPS) is 24.4. The quantitative estimate of drug-likeness (QED) is 0.664. The maximum Gasteiger partial charge on any atom is 0.272 e. The summed E-state index contributed by atoms with van der Waals surface area (Å²) in [5.41, 5.74) is 1.93. The molecular weight excluding hydrogens is 240 g/mol.